The zero-order valence-corrected chi connectivity index (χ0v) is 10.3. The van der Waals surface area contributed by atoms with Crippen LogP contribution in [-0.2, 0) is 0 Å². The largest absolute Gasteiger partial charge is 0.321 e. The standard InChI is InChI=1S/C15H11FN2O/c1-10-6-7-13(16)12(8-10)15(19)18-14-5-3-2-4-11(14)9-17/h2-8H,1H3,(H,18,19). The molecule has 2 aromatic rings. The molecule has 94 valence electrons. The summed E-state index contributed by atoms with van der Waals surface area (Å²) in [6, 6.07) is 12.9. The molecule has 0 heterocycles. The Kier molecular flexibility index (Phi) is 3.58. The average molecular weight is 254 g/mol. The van der Waals surface area contributed by atoms with Crippen molar-refractivity contribution in [1.29, 1.82) is 5.26 Å². The highest BCUT2D eigenvalue weighted by atomic mass is 19.1. The molecule has 0 bridgehead atoms. The SMILES string of the molecule is Cc1ccc(F)c(C(=O)Nc2ccccc2C#N)c1. The monoisotopic (exact) mass is 254 g/mol. The highest BCUT2D eigenvalue weighted by Gasteiger charge is 2.13. The molecule has 1 N–H and O–H groups in total. The maximum absolute atomic E-state index is 13.6. The first-order valence-corrected chi connectivity index (χ1v) is 5.68. The van der Waals surface area contributed by atoms with Crippen molar-refractivity contribution >= 4 is 11.6 Å². The number of nitrogens with one attached hydrogen (secondary N) is 1. The predicted molar refractivity (Wildman–Crippen MR) is 70.2 cm³/mol. The van der Waals surface area contributed by atoms with Gasteiger partial charge in [0.25, 0.3) is 5.91 Å². The van der Waals surface area contributed by atoms with Crippen LogP contribution in [0.3, 0.4) is 0 Å². The van der Waals surface area contributed by atoms with Crippen molar-refractivity contribution in [3.63, 3.8) is 0 Å². The number of para-hydroxylation sites is 1. The Hall–Kier alpha value is -2.67. The molecular weight excluding hydrogens is 243 g/mol. The average Bonchev–Trinajstić information content (AvgIpc) is 2.42. The van der Waals surface area contributed by atoms with Gasteiger partial charge in [-0.1, -0.05) is 23.8 Å². The van der Waals surface area contributed by atoms with Gasteiger partial charge in [-0.25, -0.2) is 4.39 Å². The fraction of sp³-hybridized carbons (Fsp3) is 0.0667. The first-order chi connectivity index (χ1) is 9.11. The third kappa shape index (κ3) is 2.78. The Bertz CT molecular complexity index is 674. The Morgan fingerprint density at radius 1 is 1.26 bits per heavy atom. The topological polar surface area (TPSA) is 52.9 Å². The van der Waals surface area contributed by atoms with Crippen molar-refractivity contribution in [2.45, 2.75) is 6.92 Å². The van der Waals surface area contributed by atoms with E-state index in [9.17, 15) is 9.18 Å². The van der Waals surface area contributed by atoms with Crippen LogP contribution in [0.25, 0.3) is 0 Å². The molecule has 0 spiro atoms. The zero-order valence-electron chi connectivity index (χ0n) is 10.3. The minimum Gasteiger partial charge on any atom is -0.321 e. The van der Waals surface area contributed by atoms with Gasteiger partial charge in [-0.2, -0.15) is 5.26 Å². The quantitative estimate of drug-likeness (QED) is 0.894. The number of nitriles is 1. The van der Waals surface area contributed by atoms with E-state index < -0.39 is 11.7 Å². The fourth-order valence-corrected chi connectivity index (χ4v) is 1.69. The van der Waals surface area contributed by atoms with Gasteiger partial charge in [0.1, 0.15) is 11.9 Å². The van der Waals surface area contributed by atoms with E-state index in [-0.39, 0.29) is 5.56 Å². The van der Waals surface area contributed by atoms with Crippen molar-refractivity contribution in [1.82, 2.24) is 0 Å². The number of benzene rings is 2. The maximum atomic E-state index is 13.6. The number of aryl methyl sites for hydroxylation is 1. The lowest BCUT2D eigenvalue weighted by atomic mass is 10.1. The van der Waals surface area contributed by atoms with Crippen LogP contribution in [0.15, 0.2) is 42.5 Å². The molecule has 4 heteroatoms. The summed E-state index contributed by atoms with van der Waals surface area (Å²) in [4.78, 5) is 12.0. The molecule has 0 unspecified atom stereocenters. The van der Waals surface area contributed by atoms with Gasteiger partial charge in [0.2, 0.25) is 0 Å². The molecular formula is C15H11FN2O. The number of carbonyl (C=O) groups is 1. The number of hydrogen-bond acceptors (Lipinski definition) is 2. The molecule has 0 aliphatic rings. The lowest BCUT2D eigenvalue weighted by molar-refractivity contribution is 0.102. The molecule has 19 heavy (non-hydrogen) atoms. The van der Waals surface area contributed by atoms with Crippen molar-refractivity contribution in [2.75, 3.05) is 5.32 Å². The van der Waals surface area contributed by atoms with E-state index in [0.29, 0.717) is 11.3 Å². The number of anilines is 1. The van der Waals surface area contributed by atoms with E-state index in [1.165, 1.54) is 12.1 Å². The van der Waals surface area contributed by atoms with Crippen molar-refractivity contribution < 1.29 is 9.18 Å². The Balaban J connectivity index is 2.31. The van der Waals surface area contributed by atoms with Crippen LogP contribution >= 0.6 is 0 Å². The first kappa shape index (κ1) is 12.8. The molecule has 2 rings (SSSR count). The molecule has 1 amide bonds. The van der Waals surface area contributed by atoms with E-state index in [1.807, 2.05) is 6.07 Å². The molecule has 0 atom stereocenters. The van der Waals surface area contributed by atoms with Crippen molar-refractivity contribution in [2.24, 2.45) is 0 Å². The van der Waals surface area contributed by atoms with E-state index in [1.54, 1.807) is 37.3 Å². The second kappa shape index (κ2) is 5.32. The van der Waals surface area contributed by atoms with Crippen LogP contribution in [0.1, 0.15) is 21.5 Å². The van der Waals surface area contributed by atoms with Crippen molar-refractivity contribution in [3.8, 4) is 6.07 Å². The maximum Gasteiger partial charge on any atom is 0.258 e. The van der Waals surface area contributed by atoms with Crippen LogP contribution in [0.5, 0.6) is 0 Å². The van der Waals surface area contributed by atoms with Crippen LogP contribution < -0.4 is 5.32 Å². The minimum atomic E-state index is -0.586. The van der Waals surface area contributed by atoms with Gasteiger partial charge in [0.05, 0.1) is 16.8 Å². The van der Waals surface area contributed by atoms with Crippen LogP contribution in [-0.4, -0.2) is 5.91 Å². The summed E-state index contributed by atoms with van der Waals surface area (Å²) in [5.74, 6) is -1.15. The van der Waals surface area contributed by atoms with Gasteiger partial charge in [-0.3, -0.25) is 4.79 Å². The van der Waals surface area contributed by atoms with Gasteiger partial charge in [0, 0.05) is 0 Å². The summed E-state index contributed by atoms with van der Waals surface area (Å²) >= 11 is 0. The number of carbonyl (C=O) groups excluding carboxylic acids is 1. The zero-order chi connectivity index (χ0) is 13.8. The number of hydrogen-bond donors (Lipinski definition) is 1. The van der Waals surface area contributed by atoms with Gasteiger partial charge in [-0.05, 0) is 31.2 Å². The van der Waals surface area contributed by atoms with Crippen LogP contribution in [0, 0.1) is 24.1 Å². The second-order valence-corrected chi connectivity index (χ2v) is 4.09. The molecule has 3 nitrogen and oxygen atoms in total. The molecule has 0 saturated carbocycles. The highest BCUT2D eigenvalue weighted by Crippen LogP contribution is 2.17. The van der Waals surface area contributed by atoms with E-state index >= 15 is 0 Å². The summed E-state index contributed by atoms with van der Waals surface area (Å²) in [7, 11) is 0. The Labute approximate surface area is 110 Å². The van der Waals surface area contributed by atoms with E-state index in [4.69, 9.17) is 5.26 Å². The molecule has 0 aliphatic carbocycles. The van der Waals surface area contributed by atoms with Crippen LogP contribution in [0.2, 0.25) is 0 Å². The first-order valence-electron chi connectivity index (χ1n) is 5.68. The number of amides is 1. The molecule has 0 radical (unpaired) electrons. The Morgan fingerprint density at radius 3 is 2.74 bits per heavy atom. The van der Waals surface area contributed by atoms with Gasteiger partial charge in [-0.15, -0.1) is 0 Å². The summed E-state index contributed by atoms with van der Waals surface area (Å²) in [6.45, 7) is 1.78. The molecule has 2 aromatic carbocycles. The number of halogens is 1. The third-order valence-electron chi connectivity index (χ3n) is 2.66. The van der Waals surface area contributed by atoms with Gasteiger partial charge >= 0.3 is 0 Å². The molecule has 0 fully saturated rings. The van der Waals surface area contributed by atoms with E-state index in [2.05, 4.69) is 5.32 Å². The summed E-state index contributed by atoms with van der Waals surface area (Å²) < 4.78 is 13.6. The highest BCUT2D eigenvalue weighted by molar-refractivity contribution is 6.05. The smallest absolute Gasteiger partial charge is 0.258 e. The summed E-state index contributed by atoms with van der Waals surface area (Å²) in [6.07, 6.45) is 0. The lowest BCUT2D eigenvalue weighted by Crippen LogP contribution is -2.14. The lowest BCUT2D eigenvalue weighted by Gasteiger charge is -2.08. The molecule has 0 aliphatic heterocycles. The number of rotatable bonds is 2. The molecule has 0 aromatic heterocycles. The van der Waals surface area contributed by atoms with Gasteiger partial charge < -0.3 is 5.32 Å². The van der Waals surface area contributed by atoms with Crippen molar-refractivity contribution in [3.05, 3.63) is 65.0 Å². The Morgan fingerprint density at radius 2 is 2.00 bits per heavy atom. The summed E-state index contributed by atoms with van der Waals surface area (Å²) in [5, 5.41) is 11.5. The normalized spacial score (nSPS) is 9.74. The second-order valence-electron chi connectivity index (χ2n) is 4.09. The van der Waals surface area contributed by atoms with E-state index in [0.717, 1.165) is 5.56 Å². The summed E-state index contributed by atoms with van der Waals surface area (Å²) in [5.41, 5.74) is 1.47. The molecule has 0 saturated heterocycles. The fourth-order valence-electron chi connectivity index (χ4n) is 1.69. The third-order valence-corrected chi connectivity index (χ3v) is 2.66. The predicted octanol–water partition coefficient (Wildman–Crippen LogP) is 3.26. The van der Waals surface area contributed by atoms with Gasteiger partial charge in [0.15, 0.2) is 0 Å². The minimum absolute atomic E-state index is 0.0345. The van der Waals surface area contributed by atoms with Crippen LogP contribution in [0.4, 0.5) is 10.1 Å². The number of nitrogens with zero attached hydrogens (tertiary/aromatic N) is 1.